The fraction of sp³-hybridized carbons (Fsp3) is 0.333. The van der Waals surface area contributed by atoms with Crippen LogP contribution in [0, 0.1) is 6.92 Å². The number of benzene rings is 1. The van der Waals surface area contributed by atoms with Crippen LogP contribution >= 0.6 is 11.6 Å². The van der Waals surface area contributed by atoms with E-state index in [1.807, 2.05) is 6.92 Å². The van der Waals surface area contributed by atoms with Gasteiger partial charge in [0, 0.05) is 25.3 Å². The molecule has 0 heterocycles. The summed E-state index contributed by atoms with van der Waals surface area (Å²) in [4.78, 5) is 24.4. The molecule has 0 aliphatic rings. The number of carbonyl (C=O) groups is 2. The summed E-state index contributed by atoms with van der Waals surface area (Å²) in [5, 5.41) is 2.65. The molecule has 5 heteroatoms. The standard InChI is InChI=1S/C12H15ClN2O2/c1-8-4-5-9(12(17)15(2)3)6-10(8)14-11(16)7-13/h4-6H,7H2,1-3H3,(H,14,16). The van der Waals surface area contributed by atoms with Crippen LogP contribution in [0.15, 0.2) is 18.2 Å². The smallest absolute Gasteiger partial charge is 0.253 e. The SMILES string of the molecule is Cc1ccc(C(=O)N(C)C)cc1NC(=O)CCl. The van der Waals surface area contributed by atoms with Crippen molar-refractivity contribution in [3.63, 3.8) is 0 Å². The maximum Gasteiger partial charge on any atom is 0.253 e. The molecule has 0 saturated heterocycles. The van der Waals surface area contributed by atoms with E-state index in [1.54, 1.807) is 32.3 Å². The lowest BCUT2D eigenvalue weighted by Gasteiger charge is -2.13. The molecule has 2 amide bonds. The number of alkyl halides is 1. The van der Waals surface area contributed by atoms with Gasteiger partial charge in [0.2, 0.25) is 5.91 Å². The normalized spacial score (nSPS) is 9.88. The highest BCUT2D eigenvalue weighted by atomic mass is 35.5. The third kappa shape index (κ3) is 3.46. The first kappa shape index (κ1) is 13.5. The maximum absolute atomic E-state index is 11.8. The average Bonchev–Trinajstić information content (AvgIpc) is 2.30. The van der Waals surface area contributed by atoms with Crippen molar-refractivity contribution in [3.8, 4) is 0 Å². The van der Waals surface area contributed by atoms with E-state index in [4.69, 9.17) is 11.6 Å². The number of rotatable bonds is 3. The Balaban J connectivity index is 3.02. The number of carbonyl (C=O) groups excluding carboxylic acids is 2. The van der Waals surface area contributed by atoms with Crippen LogP contribution in [0.25, 0.3) is 0 Å². The van der Waals surface area contributed by atoms with Crippen molar-refractivity contribution in [2.75, 3.05) is 25.3 Å². The van der Waals surface area contributed by atoms with Crippen LogP contribution in [0.4, 0.5) is 5.69 Å². The lowest BCUT2D eigenvalue weighted by atomic mass is 10.1. The molecule has 92 valence electrons. The Morgan fingerprint density at radius 1 is 1.35 bits per heavy atom. The molecule has 0 aromatic heterocycles. The van der Waals surface area contributed by atoms with Gasteiger partial charge in [-0.3, -0.25) is 9.59 Å². The van der Waals surface area contributed by atoms with Crippen molar-refractivity contribution < 1.29 is 9.59 Å². The number of nitrogens with zero attached hydrogens (tertiary/aromatic N) is 1. The quantitative estimate of drug-likeness (QED) is 0.838. The second-order valence-corrected chi connectivity index (χ2v) is 4.18. The molecular weight excluding hydrogens is 240 g/mol. The monoisotopic (exact) mass is 254 g/mol. The van der Waals surface area contributed by atoms with Crippen molar-refractivity contribution >= 4 is 29.1 Å². The Labute approximate surface area is 106 Å². The highest BCUT2D eigenvalue weighted by molar-refractivity contribution is 6.29. The number of halogens is 1. The molecule has 0 radical (unpaired) electrons. The zero-order valence-electron chi connectivity index (χ0n) is 10.1. The predicted octanol–water partition coefficient (Wildman–Crippen LogP) is 1.87. The van der Waals surface area contributed by atoms with E-state index in [9.17, 15) is 9.59 Å². The van der Waals surface area contributed by atoms with Crippen LogP contribution < -0.4 is 5.32 Å². The number of hydrogen-bond donors (Lipinski definition) is 1. The van der Waals surface area contributed by atoms with Gasteiger partial charge < -0.3 is 10.2 Å². The molecule has 0 bridgehead atoms. The second-order valence-electron chi connectivity index (χ2n) is 3.91. The van der Waals surface area contributed by atoms with Crippen molar-refractivity contribution in [1.82, 2.24) is 4.90 Å². The van der Waals surface area contributed by atoms with E-state index in [2.05, 4.69) is 5.32 Å². The second kappa shape index (κ2) is 5.68. The molecule has 1 aromatic rings. The van der Waals surface area contributed by atoms with Gasteiger partial charge in [0.15, 0.2) is 0 Å². The molecule has 0 fully saturated rings. The topological polar surface area (TPSA) is 49.4 Å². The number of nitrogens with one attached hydrogen (secondary N) is 1. The minimum absolute atomic E-state index is 0.105. The van der Waals surface area contributed by atoms with Crippen molar-refractivity contribution in [1.29, 1.82) is 0 Å². The number of anilines is 1. The van der Waals surface area contributed by atoms with E-state index in [1.165, 1.54) is 4.90 Å². The molecule has 0 aliphatic heterocycles. The zero-order chi connectivity index (χ0) is 13.0. The summed E-state index contributed by atoms with van der Waals surface area (Å²) in [5.74, 6) is -0.499. The summed E-state index contributed by atoms with van der Waals surface area (Å²) >= 11 is 5.42. The van der Waals surface area contributed by atoms with Crippen molar-refractivity contribution in [2.45, 2.75) is 6.92 Å². The molecule has 0 saturated carbocycles. The van der Waals surface area contributed by atoms with Gasteiger partial charge in [-0.1, -0.05) is 6.07 Å². The highest BCUT2D eigenvalue weighted by Crippen LogP contribution is 2.17. The summed E-state index contributed by atoms with van der Waals surface area (Å²) in [6.45, 7) is 1.85. The molecule has 0 aliphatic carbocycles. The molecular formula is C12H15ClN2O2. The Hall–Kier alpha value is -1.55. The van der Waals surface area contributed by atoms with E-state index >= 15 is 0 Å². The van der Waals surface area contributed by atoms with Crippen LogP contribution in [0.2, 0.25) is 0 Å². The van der Waals surface area contributed by atoms with Gasteiger partial charge in [0.25, 0.3) is 5.91 Å². The van der Waals surface area contributed by atoms with Crippen LogP contribution in [0.1, 0.15) is 15.9 Å². The van der Waals surface area contributed by atoms with Gasteiger partial charge in [0.05, 0.1) is 0 Å². The Bertz CT molecular complexity index is 444. The first-order valence-electron chi connectivity index (χ1n) is 5.14. The van der Waals surface area contributed by atoms with Gasteiger partial charge in [-0.25, -0.2) is 0 Å². The van der Waals surface area contributed by atoms with E-state index in [-0.39, 0.29) is 17.7 Å². The molecule has 0 atom stereocenters. The summed E-state index contributed by atoms with van der Waals surface area (Å²) in [5.41, 5.74) is 2.03. The fourth-order valence-electron chi connectivity index (χ4n) is 1.33. The summed E-state index contributed by atoms with van der Waals surface area (Å²) < 4.78 is 0. The van der Waals surface area contributed by atoms with Crippen LogP contribution in [0.3, 0.4) is 0 Å². The minimum Gasteiger partial charge on any atom is -0.345 e. The number of aryl methyl sites for hydroxylation is 1. The van der Waals surface area contributed by atoms with Crippen LogP contribution in [-0.4, -0.2) is 36.7 Å². The van der Waals surface area contributed by atoms with Gasteiger partial charge in [-0.05, 0) is 24.6 Å². The lowest BCUT2D eigenvalue weighted by Crippen LogP contribution is -2.22. The van der Waals surface area contributed by atoms with Crippen LogP contribution in [-0.2, 0) is 4.79 Å². The maximum atomic E-state index is 11.8. The van der Waals surface area contributed by atoms with E-state index < -0.39 is 0 Å². The largest absolute Gasteiger partial charge is 0.345 e. The fourth-order valence-corrected chi connectivity index (χ4v) is 1.40. The summed E-state index contributed by atoms with van der Waals surface area (Å²) in [6, 6.07) is 5.18. The number of hydrogen-bond acceptors (Lipinski definition) is 2. The van der Waals surface area contributed by atoms with Gasteiger partial charge >= 0.3 is 0 Å². The minimum atomic E-state index is -0.288. The molecule has 1 aromatic carbocycles. The van der Waals surface area contributed by atoms with E-state index in [0.29, 0.717) is 11.3 Å². The molecule has 0 spiro atoms. The first-order valence-corrected chi connectivity index (χ1v) is 5.67. The average molecular weight is 255 g/mol. The predicted molar refractivity (Wildman–Crippen MR) is 68.5 cm³/mol. The molecule has 0 unspecified atom stereocenters. The third-order valence-electron chi connectivity index (χ3n) is 2.29. The van der Waals surface area contributed by atoms with Crippen molar-refractivity contribution in [2.24, 2.45) is 0 Å². The Kier molecular flexibility index (Phi) is 4.52. The van der Waals surface area contributed by atoms with Gasteiger partial charge in [0.1, 0.15) is 5.88 Å². The highest BCUT2D eigenvalue weighted by Gasteiger charge is 2.11. The first-order chi connectivity index (χ1) is 7.95. The summed E-state index contributed by atoms with van der Waals surface area (Å²) in [6.07, 6.45) is 0. The molecule has 17 heavy (non-hydrogen) atoms. The molecule has 1 N–H and O–H groups in total. The lowest BCUT2D eigenvalue weighted by molar-refractivity contribution is -0.113. The zero-order valence-corrected chi connectivity index (χ0v) is 10.8. The Morgan fingerprint density at radius 2 is 2.00 bits per heavy atom. The molecule has 1 rings (SSSR count). The number of amides is 2. The van der Waals surface area contributed by atoms with Gasteiger partial charge in [-0.2, -0.15) is 0 Å². The third-order valence-corrected chi connectivity index (χ3v) is 2.53. The Morgan fingerprint density at radius 3 is 2.53 bits per heavy atom. The molecule has 4 nitrogen and oxygen atoms in total. The van der Waals surface area contributed by atoms with E-state index in [0.717, 1.165) is 5.56 Å². The summed E-state index contributed by atoms with van der Waals surface area (Å²) in [7, 11) is 3.36. The van der Waals surface area contributed by atoms with Crippen LogP contribution in [0.5, 0.6) is 0 Å². The van der Waals surface area contributed by atoms with Gasteiger partial charge in [-0.15, -0.1) is 11.6 Å². The van der Waals surface area contributed by atoms with Crippen molar-refractivity contribution in [3.05, 3.63) is 29.3 Å².